The second-order valence-corrected chi connectivity index (χ2v) is 5.86. The molecular formula is C15H26Cl2N4O2. The lowest BCUT2D eigenvalue weighted by atomic mass is 10.0. The molecule has 23 heavy (non-hydrogen) atoms. The molecule has 1 atom stereocenters. The lowest BCUT2D eigenvalue weighted by Crippen LogP contribution is -2.50. The second kappa shape index (κ2) is 9.90. The number of carbonyl (C=O) groups excluding carboxylic acids is 1. The molecule has 1 saturated heterocycles. The maximum Gasteiger partial charge on any atom is 0.239 e. The number of hydrogen-bond acceptors (Lipinski definition) is 5. The van der Waals surface area contributed by atoms with Crippen molar-refractivity contribution in [1.82, 2.24) is 14.9 Å². The molecule has 8 heteroatoms. The SMILES string of the molecule is Cc1nccnc1OC1CCN(C(=O)[C@@H](N)C(C)C)CC1.Cl.Cl. The van der Waals surface area contributed by atoms with Crippen LogP contribution in [-0.2, 0) is 4.79 Å². The number of hydrogen-bond donors (Lipinski definition) is 1. The number of aromatic nitrogens is 2. The molecule has 0 saturated carbocycles. The van der Waals surface area contributed by atoms with Crippen molar-refractivity contribution in [3.63, 3.8) is 0 Å². The Kier molecular flexibility index (Phi) is 9.42. The standard InChI is InChI=1S/C15H24N4O2.2ClH/c1-10(2)13(16)15(20)19-8-4-12(5-9-19)21-14-11(3)17-6-7-18-14;;/h6-7,10,12-13H,4-5,8-9,16H2,1-3H3;2*1H/t13-;;/m0../s1. The van der Waals surface area contributed by atoms with Crippen molar-refractivity contribution in [2.45, 2.75) is 45.8 Å². The number of piperidine rings is 1. The first-order valence-electron chi connectivity index (χ1n) is 7.47. The van der Waals surface area contributed by atoms with Gasteiger partial charge in [-0.15, -0.1) is 24.8 Å². The highest BCUT2D eigenvalue weighted by Crippen LogP contribution is 2.19. The molecule has 1 aromatic heterocycles. The average Bonchev–Trinajstić information content (AvgIpc) is 2.49. The maximum atomic E-state index is 12.2. The predicted molar refractivity (Wildman–Crippen MR) is 94.3 cm³/mol. The van der Waals surface area contributed by atoms with Crippen LogP contribution in [0.1, 0.15) is 32.4 Å². The van der Waals surface area contributed by atoms with Gasteiger partial charge in [0.1, 0.15) is 6.10 Å². The van der Waals surface area contributed by atoms with Crippen LogP contribution in [0.4, 0.5) is 0 Å². The zero-order chi connectivity index (χ0) is 15.4. The summed E-state index contributed by atoms with van der Waals surface area (Å²) in [5.41, 5.74) is 6.72. The van der Waals surface area contributed by atoms with Crippen LogP contribution < -0.4 is 10.5 Å². The van der Waals surface area contributed by atoms with Gasteiger partial charge in [-0.3, -0.25) is 9.78 Å². The first-order valence-corrected chi connectivity index (χ1v) is 7.47. The maximum absolute atomic E-state index is 12.2. The topological polar surface area (TPSA) is 81.3 Å². The van der Waals surface area contributed by atoms with Crippen LogP contribution in [-0.4, -0.2) is 46.0 Å². The molecule has 1 amide bonds. The number of halogens is 2. The van der Waals surface area contributed by atoms with Crippen molar-refractivity contribution in [3.8, 4) is 5.88 Å². The Morgan fingerprint density at radius 2 is 1.83 bits per heavy atom. The Bertz CT molecular complexity index is 494. The Hall–Kier alpha value is -1.11. The number of likely N-dealkylation sites (tertiary alicyclic amines) is 1. The zero-order valence-corrected chi connectivity index (χ0v) is 15.4. The molecule has 6 nitrogen and oxygen atoms in total. The summed E-state index contributed by atoms with van der Waals surface area (Å²) in [7, 11) is 0. The summed E-state index contributed by atoms with van der Waals surface area (Å²) in [6.45, 7) is 7.18. The molecule has 2 rings (SSSR count). The number of rotatable bonds is 4. The summed E-state index contributed by atoms with van der Waals surface area (Å²) >= 11 is 0. The van der Waals surface area contributed by atoms with Crippen LogP contribution in [0.2, 0.25) is 0 Å². The van der Waals surface area contributed by atoms with E-state index in [4.69, 9.17) is 10.5 Å². The van der Waals surface area contributed by atoms with Crippen LogP contribution in [0, 0.1) is 12.8 Å². The molecule has 0 radical (unpaired) electrons. The smallest absolute Gasteiger partial charge is 0.239 e. The number of nitrogens with zero attached hydrogens (tertiary/aromatic N) is 3. The number of ether oxygens (including phenoxy) is 1. The van der Waals surface area contributed by atoms with Gasteiger partial charge in [0, 0.05) is 38.3 Å². The van der Waals surface area contributed by atoms with Crippen LogP contribution in [0.3, 0.4) is 0 Å². The van der Waals surface area contributed by atoms with Gasteiger partial charge >= 0.3 is 0 Å². The molecule has 1 aliphatic rings. The summed E-state index contributed by atoms with van der Waals surface area (Å²) in [5.74, 6) is 0.786. The summed E-state index contributed by atoms with van der Waals surface area (Å²) in [6, 6.07) is -0.412. The van der Waals surface area contributed by atoms with E-state index in [0.29, 0.717) is 19.0 Å². The van der Waals surface area contributed by atoms with Crippen molar-refractivity contribution in [2.24, 2.45) is 11.7 Å². The minimum absolute atomic E-state index is 0. The Morgan fingerprint density at radius 3 is 2.35 bits per heavy atom. The predicted octanol–water partition coefficient (Wildman–Crippen LogP) is 1.98. The van der Waals surface area contributed by atoms with Crippen LogP contribution in [0.15, 0.2) is 12.4 Å². The Labute approximate surface area is 150 Å². The first kappa shape index (κ1) is 21.9. The van der Waals surface area contributed by atoms with Gasteiger partial charge in [0.25, 0.3) is 0 Å². The molecule has 1 aliphatic heterocycles. The van der Waals surface area contributed by atoms with Crippen molar-refractivity contribution in [3.05, 3.63) is 18.1 Å². The van der Waals surface area contributed by atoms with E-state index >= 15 is 0 Å². The third kappa shape index (κ3) is 5.79. The number of carbonyl (C=O) groups is 1. The highest BCUT2D eigenvalue weighted by Gasteiger charge is 2.28. The van der Waals surface area contributed by atoms with E-state index in [-0.39, 0.29) is 42.7 Å². The van der Waals surface area contributed by atoms with Gasteiger partial charge in [0.05, 0.1) is 11.7 Å². The van der Waals surface area contributed by atoms with E-state index in [0.717, 1.165) is 18.5 Å². The fourth-order valence-corrected chi connectivity index (χ4v) is 2.36. The van der Waals surface area contributed by atoms with E-state index in [1.165, 1.54) is 0 Å². The first-order chi connectivity index (χ1) is 9.99. The minimum atomic E-state index is -0.412. The minimum Gasteiger partial charge on any atom is -0.473 e. The summed E-state index contributed by atoms with van der Waals surface area (Å²) in [6.07, 6.45) is 4.96. The molecule has 0 spiro atoms. The molecule has 0 aromatic carbocycles. The molecule has 2 N–H and O–H groups in total. The zero-order valence-electron chi connectivity index (χ0n) is 13.8. The van der Waals surface area contributed by atoms with Crippen LogP contribution >= 0.6 is 24.8 Å². The molecule has 0 unspecified atom stereocenters. The lowest BCUT2D eigenvalue weighted by Gasteiger charge is -2.34. The lowest BCUT2D eigenvalue weighted by molar-refractivity contribution is -0.135. The van der Waals surface area contributed by atoms with E-state index in [9.17, 15) is 4.79 Å². The average molecular weight is 365 g/mol. The summed E-state index contributed by atoms with van der Waals surface area (Å²) in [5, 5.41) is 0. The van der Waals surface area contributed by atoms with E-state index in [2.05, 4.69) is 9.97 Å². The largest absolute Gasteiger partial charge is 0.473 e. The third-order valence-corrected chi connectivity index (χ3v) is 3.87. The normalized spacial score (nSPS) is 16.3. The summed E-state index contributed by atoms with van der Waals surface area (Å²) < 4.78 is 5.88. The Balaban J connectivity index is 0.00000242. The number of aryl methyl sites for hydroxylation is 1. The van der Waals surface area contributed by atoms with Gasteiger partial charge in [0.15, 0.2) is 0 Å². The van der Waals surface area contributed by atoms with Gasteiger partial charge in [-0.1, -0.05) is 13.8 Å². The monoisotopic (exact) mass is 364 g/mol. The van der Waals surface area contributed by atoms with Gasteiger partial charge < -0.3 is 15.4 Å². The van der Waals surface area contributed by atoms with Crippen LogP contribution in [0.5, 0.6) is 5.88 Å². The molecule has 0 aliphatic carbocycles. The molecule has 1 aromatic rings. The van der Waals surface area contributed by atoms with E-state index in [1.807, 2.05) is 25.7 Å². The number of amides is 1. The van der Waals surface area contributed by atoms with Crippen molar-refractivity contribution in [1.29, 1.82) is 0 Å². The van der Waals surface area contributed by atoms with Gasteiger partial charge in [-0.25, -0.2) is 4.98 Å². The fourth-order valence-electron chi connectivity index (χ4n) is 2.36. The van der Waals surface area contributed by atoms with Gasteiger partial charge in [-0.05, 0) is 12.8 Å². The number of nitrogens with two attached hydrogens (primary N) is 1. The van der Waals surface area contributed by atoms with Crippen molar-refractivity contribution in [2.75, 3.05) is 13.1 Å². The van der Waals surface area contributed by atoms with Gasteiger partial charge in [-0.2, -0.15) is 0 Å². The van der Waals surface area contributed by atoms with Gasteiger partial charge in [0.2, 0.25) is 11.8 Å². The molecule has 1 fully saturated rings. The molecule has 0 bridgehead atoms. The van der Waals surface area contributed by atoms with Crippen molar-refractivity contribution >= 4 is 30.7 Å². The van der Waals surface area contributed by atoms with Crippen LogP contribution in [0.25, 0.3) is 0 Å². The fraction of sp³-hybridized carbons (Fsp3) is 0.667. The third-order valence-electron chi connectivity index (χ3n) is 3.87. The quantitative estimate of drug-likeness (QED) is 0.883. The molecule has 2 heterocycles. The Morgan fingerprint density at radius 1 is 1.26 bits per heavy atom. The van der Waals surface area contributed by atoms with E-state index in [1.54, 1.807) is 12.4 Å². The highest BCUT2D eigenvalue weighted by atomic mass is 35.5. The van der Waals surface area contributed by atoms with Crippen molar-refractivity contribution < 1.29 is 9.53 Å². The second-order valence-electron chi connectivity index (χ2n) is 5.86. The highest BCUT2D eigenvalue weighted by molar-refractivity contribution is 5.85. The van der Waals surface area contributed by atoms with E-state index < -0.39 is 6.04 Å². The molecular weight excluding hydrogens is 339 g/mol. The molecule has 132 valence electrons. The summed E-state index contributed by atoms with van der Waals surface area (Å²) in [4.78, 5) is 22.4.